The van der Waals surface area contributed by atoms with E-state index in [2.05, 4.69) is 56.9 Å². The van der Waals surface area contributed by atoms with E-state index in [1.54, 1.807) is 0 Å². The van der Waals surface area contributed by atoms with Gasteiger partial charge >= 0.3 is 0 Å². The predicted molar refractivity (Wildman–Crippen MR) is 165 cm³/mol. The van der Waals surface area contributed by atoms with Gasteiger partial charge in [-0.05, 0) is 126 Å². The molecule has 0 amide bonds. The zero-order chi connectivity index (χ0) is 29.3. The fourth-order valence-corrected chi connectivity index (χ4v) is 9.75. The van der Waals surface area contributed by atoms with E-state index in [0.717, 1.165) is 66.9 Å². The van der Waals surface area contributed by atoms with E-state index < -0.39 is 11.7 Å². The van der Waals surface area contributed by atoms with Gasteiger partial charge in [-0.15, -0.1) is 0 Å². The lowest BCUT2D eigenvalue weighted by atomic mass is 9.48. The van der Waals surface area contributed by atoms with Crippen molar-refractivity contribution in [3.63, 3.8) is 0 Å². The van der Waals surface area contributed by atoms with Gasteiger partial charge < -0.3 is 20.1 Å². The van der Waals surface area contributed by atoms with E-state index in [4.69, 9.17) is 4.74 Å². The summed E-state index contributed by atoms with van der Waals surface area (Å²) >= 11 is 0. The van der Waals surface area contributed by atoms with Gasteiger partial charge in [-0.25, -0.2) is 0 Å². The molecule has 2 aromatic rings. The highest BCUT2D eigenvalue weighted by atomic mass is 16.5. The summed E-state index contributed by atoms with van der Waals surface area (Å²) in [5.41, 5.74) is 4.95. The monoisotopic (exact) mass is 566 g/mol. The third-order valence-corrected chi connectivity index (χ3v) is 12.7. The average Bonchev–Trinajstić information content (AvgIpc) is 3.29. The number of aliphatic hydroxyl groups is 3. The number of allylic oxidation sites excluding steroid dienone is 1. The van der Waals surface area contributed by atoms with Crippen LogP contribution >= 0.6 is 0 Å². The minimum atomic E-state index is -1.04. The molecular weight excluding hydrogens is 520 g/mol. The van der Waals surface area contributed by atoms with Gasteiger partial charge in [0.05, 0.1) is 6.61 Å². The normalized spacial score (nSPS) is 36.2. The van der Waals surface area contributed by atoms with Crippen LogP contribution in [0.3, 0.4) is 0 Å². The van der Waals surface area contributed by atoms with Gasteiger partial charge in [0.15, 0.2) is 0 Å². The van der Waals surface area contributed by atoms with E-state index in [9.17, 15) is 15.3 Å². The molecule has 42 heavy (non-hydrogen) atoms. The summed E-state index contributed by atoms with van der Waals surface area (Å²) < 4.78 is 6.16. The number of aliphatic hydroxyl groups excluding tert-OH is 2. The minimum absolute atomic E-state index is 0.0572. The van der Waals surface area contributed by atoms with Crippen molar-refractivity contribution in [3.8, 4) is 17.6 Å². The molecule has 0 saturated heterocycles. The summed E-state index contributed by atoms with van der Waals surface area (Å²) in [5.74, 6) is 10.1. The molecule has 4 nitrogen and oxygen atoms in total. The maximum absolute atomic E-state index is 12.0. The van der Waals surface area contributed by atoms with Crippen LogP contribution in [0, 0.1) is 46.3 Å². The second-order valence-corrected chi connectivity index (χ2v) is 14.8. The maximum Gasteiger partial charge on any atom is 0.136 e. The van der Waals surface area contributed by atoms with Crippen LogP contribution in [0.1, 0.15) is 93.9 Å². The van der Waals surface area contributed by atoms with E-state index in [-0.39, 0.29) is 17.4 Å². The van der Waals surface area contributed by atoms with Crippen LogP contribution in [0.2, 0.25) is 0 Å². The van der Waals surface area contributed by atoms with Gasteiger partial charge in [-0.2, -0.15) is 0 Å². The highest BCUT2D eigenvalue weighted by molar-refractivity contribution is 5.42. The summed E-state index contributed by atoms with van der Waals surface area (Å²) in [6, 6.07) is 14.6. The molecule has 1 unspecified atom stereocenters. The SMILES string of the molecule is CC1(C)[C@H]2CC=C(C(O)C#C[C@]3(O)CC[C@H]4[C@@H]5CCc6cc(OCc7ccc(CO)cc7)ccc6[C@H]5CC[C@@]43C)[C@@H]1C2. The van der Waals surface area contributed by atoms with Crippen LogP contribution in [-0.2, 0) is 19.6 Å². The molecule has 0 heterocycles. The fraction of sp³-hybridized carbons (Fsp3) is 0.579. The first kappa shape index (κ1) is 28.2. The number of hydrogen-bond acceptors (Lipinski definition) is 4. The number of hydrogen-bond donors (Lipinski definition) is 3. The molecule has 2 aromatic carbocycles. The Morgan fingerprint density at radius 3 is 2.52 bits per heavy atom. The Morgan fingerprint density at radius 2 is 1.79 bits per heavy atom. The second-order valence-electron chi connectivity index (χ2n) is 14.8. The predicted octanol–water partition coefficient (Wildman–Crippen LogP) is 6.70. The van der Waals surface area contributed by atoms with E-state index in [0.29, 0.717) is 36.7 Å². The summed E-state index contributed by atoms with van der Waals surface area (Å²) in [6.07, 6.45) is 9.58. The van der Waals surface area contributed by atoms with Crippen molar-refractivity contribution in [1.29, 1.82) is 0 Å². The largest absolute Gasteiger partial charge is 0.489 e. The van der Waals surface area contributed by atoms with Gasteiger partial charge in [-0.1, -0.05) is 69.0 Å². The van der Waals surface area contributed by atoms with Crippen LogP contribution in [-0.4, -0.2) is 27.0 Å². The number of ether oxygens (including phenoxy) is 1. The van der Waals surface area contributed by atoms with Crippen LogP contribution in [0.4, 0.5) is 0 Å². The summed E-state index contributed by atoms with van der Waals surface area (Å²) in [4.78, 5) is 0. The minimum Gasteiger partial charge on any atom is -0.489 e. The number of benzene rings is 2. The second kappa shape index (κ2) is 10.3. The molecule has 222 valence electrons. The van der Waals surface area contributed by atoms with Crippen molar-refractivity contribution in [1.82, 2.24) is 0 Å². The Labute approximate surface area is 251 Å². The standard InChI is InChI=1S/C38H46O4/c1-36(2)27-9-12-32(34(36)21-27)35(40)16-19-38(41)18-15-33-31-11-8-26-20-28(42-23-25-6-4-24(22-39)5-7-25)10-13-29(26)30(31)14-17-37(33,38)3/h4-7,10,12-13,20,27,30-31,33-35,39-41H,8-9,11,14-15,17-18,21-23H2,1-3H3/t27-,30+,31+,33-,34-,35?,37-,38+/m0/s1. The lowest BCUT2D eigenvalue weighted by Crippen LogP contribution is -2.50. The molecule has 8 rings (SSSR count). The Bertz CT molecular complexity index is 1440. The molecule has 0 aromatic heterocycles. The molecule has 8 atom stereocenters. The number of aryl methyl sites for hydroxylation is 1. The van der Waals surface area contributed by atoms with E-state index in [1.807, 2.05) is 24.3 Å². The fourth-order valence-electron chi connectivity index (χ4n) is 9.75. The van der Waals surface area contributed by atoms with E-state index >= 15 is 0 Å². The third-order valence-electron chi connectivity index (χ3n) is 12.7. The van der Waals surface area contributed by atoms with Crippen molar-refractivity contribution >= 4 is 0 Å². The third kappa shape index (κ3) is 4.38. The smallest absolute Gasteiger partial charge is 0.136 e. The molecule has 3 N–H and O–H groups in total. The average molecular weight is 567 g/mol. The molecule has 0 spiro atoms. The van der Waals surface area contributed by atoms with Crippen molar-refractivity contribution < 1.29 is 20.1 Å². The van der Waals surface area contributed by atoms with Crippen LogP contribution in [0.15, 0.2) is 54.1 Å². The molecule has 3 fully saturated rings. The lowest BCUT2D eigenvalue weighted by molar-refractivity contribution is -0.0650. The molecule has 4 heteroatoms. The maximum atomic E-state index is 12.0. The first-order chi connectivity index (χ1) is 20.1. The van der Waals surface area contributed by atoms with E-state index in [1.165, 1.54) is 17.5 Å². The zero-order valence-electron chi connectivity index (χ0n) is 25.4. The Kier molecular flexibility index (Phi) is 6.89. The molecular formula is C38H46O4. The summed E-state index contributed by atoms with van der Waals surface area (Å²) in [7, 11) is 0. The highest BCUT2D eigenvalue weighted by Gasteiger charge is 2.61. The number of rotatable bonds is 5. The van der Waals surface area contributed by atoms with Gasteiger partial charge in [0, 0.05) is 5.41 Å². The number of fused-ring (bicyclic) bond motifs is 6. The summed E-state index contributed by atoms with van der Waals surface area (Å²) in [6.45, 7) is 7.50. The van der Waals surface area contributed by atoms with Gasteiger partial charge in [0.1, 0.15) is 24.1 Å². The first-order valence-electron chi connectivity index (χ1n) is 16.2. The highest BCUT2D eigenvalue weighted by Crippen LogP contribution is 2.64. The van der Waals surface area contributed by atoms with Crippen LogP contribution in [0.5, 0.6) is 5.75 Å². The molecule has 0 aliphatic heterocycles. The van der Waals surface area contributed by atoms with Gasteiger partial charge in [0.25, 0.3) is 0 Å². The summed E-state index contributed by atoms with van der Waals surface area (Å²) in [5, 5.41) is 32.4. The Balaban J connectivity index is 1.04. The van der Waals surface area contributed by atoms with Crippen molar-refractivity contribution in [2.45, 2.75) is 103 Å². The van der Waals surface area contributed by atoms with Crippen LogP contribution in [0.25, 0.3) is 0 Å². The van der Waals surface area contributed by atoms with Crippen molar-refractivity contribution in [3.05, 3.63) is 76.4 Å². The molecule has 6 aliphatic carbocycles. The van der Waals surface area contributed by atoms with Crippen molar-refractivity contribution in [2.75, 3.05) is 0 Å². The molecule has 3 saturated carbocycles. The van der Waals surface area contributed by atoms with Gasteiger partial charge in [-0.3, -0.25) is 0 Å². The first-order valence-corrected chi connectivity index (χ1v) is 16.2. The van der Waals surface area contributed by atoms with Gasteiger partial charge in [0.2, 0.25) is 0 Å². The Morgan fingerprint density at radius 1 is 1.00 bits per heavy atom. The molecule has 6 aliphatic rings. The van der Waals surface area contributed by atoms with Crippen molar-refractivity contribution in [2.24, 2.45) is 34.5 Å². The molecule has 2 bridgehead atoms. The topological polar surface area (TPSA) is 69.9 Å². The zero-order valence-corrected chi connectivity index (χ0v) is 25.4. The quantitative estimate of drug-likeness (QED) is 0.278. The molecule has 0 radical (unpaired) electrons. The van der Waals surface area contributed by atoms with Crippen LogP contribution < -0.4 is 4.74 Å². The Hall–Kier alpha value is -2.58. The lowest BCUT2D eigenvalue weighted by Gasteiger charge is -2.56.